The largest absolute Gasteiger partial charge is 0.370 e. The van der Waals surface area contributed by atoms with E-state index >= 15 is 0 Å². The number of anilines is 3. The van der Waals surface area contributed by atoms with Crippen molar-refractivity contribution in [1.29, 1.82) is 0 Å². The third-order valence-electron chi connectivity index (χ3n) is 3.76. The molecule has 4 heteroatoms. The minimum Gasteiger partial charge on any atom is -0.370 e. The van der Waals surface area contributed by atoms with Gasteiger partial charge in [-0.3, -0.25) is 0 Å². The van der Waals surface area contributed by atoms with E-state index in [1.807, 2.05) is 13.0 Å². The smallest absolute Gasteiger partial charge is 0.136 e. The maximum absolute atomic E-state index is 4.47. The zero-order valence-electron chi connectivity index (χ0n) is 12.7. The summed E-state index contributed by atoms with van der Waals surface area (Å²) in [5, 5.41) is 6.71. The molecule has 0 fully saturated rings. The Kier molecular flexibility index (Phi) is 4.04. The fourth-order valence-electron chi connectivity index (χ4n) is 2.77. The predicted molar refractivity (Wildman–Crippen MR) is 87.3 cm³/mol. The van der Waals surface area contributed by atoms with Crippen molar-refractivity contribution in [3.63, 3.8) is 0 Å². The lowest BCUT2D eigenvalue weighted by Gasteiger charge is -2.11. The van der Waals surface area contributed by atoms with Crippen molar-refractivity contribution in [3.8, 4) is 0 Å². The summed E-state index contributed by atoms with van der Waals surface area (Å²) in [5.41, 5.74) is 4.06. The van der Waals surface area contributed by atoms with Gasteiger partial charge in [0.25, 0.3) is 0 Å². The molecule has 0 saturated heterocycles. The molecule has 0 unspecified atom stereocenters. The molecule has 0 saturated carbocycles. The first-order valence-corrected chi connectivity index (χ1v) is 7.73. The van der Waals surface area contributed by atoms with Crippen molar-refractivity contribution >= 4 is 17.3 Å². The van der Waals surface area contributed by atoms with Crippen LogP contribution in [0.3, 0.4) is 0 Å². The van der Waals surface area contributed by atoms with Gasteiger partial charge in [-0.05, 0) is 55.9 Å². The van der Waals surface area contributed by atoms with Crippen molar-refractivity contribution in [1.82, 2.24) is 9.97 Å². The maximum atomic E-state index is 4.47. The standard InChI is InChI=1S/C17H22N4/c1-3-9-18-16-11-17(20-12(2)19-16)21-15-8-7-13-5-4-6-14(13)10-15/h7-8,10-11H,3-6,9H2,1-2H3,(H2,18,19,20,21). The molecule has 1 aromatic carbocycles. The Labute approximate surface area is 126 Å². The second-order valence-corrected chi connectivity index (χ2v) is 5.57. The molecule has 0 aliphatic heterocycles. The van der Waals surface area contributed by atoms with Gasteiger partial charge in [0.15, 0.2) is 0 Å². The molecule has 2 aromatic rings. The van der Waals surface area contributed by atoms with Crippen LogP contribution in [0.5, 0.6) is 0 Å². The average Bonchev–Trinajstić information content (AvgIpc) is 2.92. The van der Waals surface area contributed by atoms with Crippen molar-refractivity contribution in [2.45, 2.75) is 39.5 Å². The minimum absolute atomic E-state index is 0.778. The van der Waals surface area contributed by atoms with Gasteiger partial charge in [0, 0.05) is 18.3 Å². The maximum Gasteiger partial charge on any atom is 0.136 e. The van der Waals surface area contributed by atoms with Crippen LogP contribution in [0.15, 0.2) is 24.3 Å². The molecular weight excluding hydrogens is 260 g/mol. The van der Waals surface area contributed by atoms with Crippen LogP contribution in [-0.2, 0) is 12.8 Å². The number of aromatic nitrogens is 2. The molecule has 21 heavy (non-hydrogen) atoms. The number of rotatable bonds is 5. The van der Waals surface area contributed by atoms with E-state index in [0.29, 0.717) is 0 Å². The number of benzene rings is 1. The second-order valence-electron chi connectivity index (χ2n) is 5.57. The van der Waals surface area contributed by atoms with Crippen molar-refractivity contribution in [2.24, 2.45) is 0 Å². The first kappa shape index (κ1) is 13.9. The summed E-state index contributed by atoms with van der Waals surface area (Å²) in [6.45, 7) is 4.99. The fraction of sp³-hybridized carbons (Fsp3) is 0.412. The Morgan fingerprint density at radius 2 is 1.86 bits per heavy atom. The van der Waals surface area contributed by atoms with Crippen LogP contribution in [0.25, 0.3) is 0 Å². The first-order chi connectivity index (χ1) is 10.2. The summed E-state index contributed by atoms with van der Waals surface area (Å²) in [7, 11) is 0. The summed E-state index contributed by atoms with van der Waals surface area (Å²) < 4.78 is 0. The number of nitrogens with one attached hydrogen (secondary N) is 2. The quantitative estimate of drug-likeness (QED) is 0.875. The van der Waals surface area contributed by atoms with Crippen LogP contribution >= 0.6 is 0 Å². The van der Waals surface area contributed by atoms with Crippen LogP contribution < -0.4 is 10.6 Å². The molecule has 0 atom stereocenters. The lowest BCUT2D eigenvalue weighted by Crippen LogP contribution is -2.05. The molecule has 1 aliphatic rings. The minimum atomic E-state index is 0.778. The third kappa shape index (κ3) is 3.32. The van der Waals surface area contributed by atoms with E-state index in [0.717, 1.165) is 36.1 Å². The third-order valence-corrected chi connectivity index (χ3v) is 3.76. The summed E-state index contributed by atoms with van der Waals surface area (Å²) in [5.74, 6) is 2.51. The molecule has 4 nitrogen and oxygen atoms in total. The van der Waals surface area contributed by atoms with Gasteiger partial charge in [0.2, 0.25) is 0 Å². The number of fused-ring (bicyclic) bond motifs is 1. The Bertz CT molecular complexity index is 637. The van der Waals surface area contributed by atoms with Crippen LogP contribution in [0.4, 0.5) is 17.3 Å². The summed E-state index contributed by atoms with van der Waals surface area (Å²) >= 11 is 0. The highest BCUT2D eigenvalue weighted by atomic mass is 15.1. The molecule has 0 radical (unpaired) electrons. The highest BCUT2D eigenvalue weighted by Crippen LogP contribution is 2.26. The van der Waals surface area contributed by atoms with Gasteiger partial charge in [0.05, 0.1) is 0 Å². The van der Waals surface area contributed by atoms with E-state index in [-0.39, 0.29) is 0 Å². The van der Waals surface area contributed by atoms with Crippen molar-refractivity contribution < 1.29 is 0 Å². The Morgan fingerprint density at radius 3 is 2.71 bits per heavy atom. The van der Waals surface area contributed by atoms with Gasteiger partial charge in [0.1, 0.15) is 17.5 Å². The normalized spacial score (nSPS) is 13.0. The molecule has 1 heterocycles. The van der Waals surface area contributed by atoms with Crippen molar-refractivity contribution in [3.05, 3.63) is 41.2 Å². The summed E-state index contributed by atoms with van der Waals surface area (Å²) in [6, 6.07) is 8.59. The molecule has 2 N–H and O–H groups in total. The average molecular weight is 282 g/mol. The SMILES string of the molecule is CCCNc1cc(Nc2ccc3c(c2)CCC3)nc(C)n1. The van der Waals surface area contributed by atoms with Crippen LogP contribution in [0.1, 0.15) is 36.7 Å². The van der Waals surface area contributed by atoms with Crippen molar-refractivity contribution in [2.75, 3.05) is 17.2 Å². The molecule has 0 spiro atoms. The molecule has 1 aromatic heterocycles. The van der Waals surface area contributed by atoms with Crippen LogP contribution in [0.2, 0.25) is 0 Å². The Hall–Kier alpha value is -2.10. The molecular formula is C17H22N4. The monoisotopic (exact) mass is 282 g/mol. The van der Waals surface area contributed by atoms with Crippen LogP contribution in [0, 0.1) is 6.92 Å². The molecule has 3 rings (SSSR count). The van der Waals surface area contributed by atoms with Gasteiger partial charge >= 0.3 is 0 Å². The molecule has 0 bridgehead atoms. The van der Waals surface area contributed by atoms with Crippen LogP contribution in [-0.4, -0.2) is 16.5 Å². The molecule has 1 aliphatic carbocycles. The zero-order chi connectivity index (χ0) is 14.7. The van der Waals surface area contributed by atoms with Gasteiger partial charge in [-0.2, -0.15) is 0 Å². The van der Waals surface area contributed by atoms with E-state index in [9.17, 15) is 0 Å². The van der Waals surface area contributed by atoms with E-state index in [2.05, 4.69) is 45.7 Å². The van der Waals surface area contributed by atoms with E-state index < -0.39 is 0 Å². The van der Waals surface area contributed by atoms with E-state index in [1.54, 1.807) is 0 Å². The van der Waals surface area contributed by atoms with E-state index in [4.69, 9.17) is 0 Å². The summed E-state index contributed by atoms with van der Waals surface area (Å²) in [6.07, 6.45) is 4.76. The first-order valence-electron chi connectivity index (χ1n) is 7.73. The topological polar surface area (TPSA) is 49.8 Å². The number of aryl methyl sites for hydroxylation is 3. The van der Waals surface area contributed by atoms with E-state index in [1.165, 1.54) is 30.4 Å². The lowest BCUT2D eigenvalue weighted by molar-refractivity contribution is 0.912. The van der Waals surface area contributed by atoms with Gasteiger partial charge in [-0.1, -0.05) is 13.0 Å². The Morgan fingerprint density at radius 1 is 1.05 bits per heavy atom. The lowest BCUT2D eigenvalue weighted by atomic mass is 10.1. The highest BCUT2D eigenvalue weighted by Gasteiger charge is 2.11. The number of hydrogen-bond donors (Lipinski definition) is 2. The predicted octanol–water partition coefficient (Wildman–Crippen LogP) is 3.84. The fourth-order valence-corrected chi connectivity index (χ4v) is 2.77. The van der Waals surface area contributed by atoms with Gasteiger partial charge in [-0.25, -0.2) is 9.97 Å². The van der Waals surface area contributed by atoms with Gasteiger partial charge in [-0.15, -0.1) is 0 Å². The molecule has 110 valence electrons. The highest BCUT2D eigenvalue weighted by molar-refractivity contribution is 5.61. The summed E-state index contributed by atoms with van der Waals surface area (Å²) in [4.78, 5) is 8.88. The number of hydrogen-bond acceptors (Lipinski definition) is 4. The van der Waals surface area contributed by atoms with Gasteiger partial charge < -0.3 is 10.6 Å². The number of nitrogens with zero attached hydrogens (tertiary/aromatic N) is 2. The second kappa shape index (κ2) is 6.12. The molecule has 0 amide bonds. The Balaban J connectivity index is 1.79. The zero-order valence-corrected chi connectivity index (χ0v) is 12.7.